The molecule has 0 radical (unpaired) electrons. The van der Waals surface area contributed by atoms with Gasteiger partial charge in [-0.1, -0.05) is 0 Å². The van der Waals surface area contributed by atoms with Crippen molar-refractivity contribution in [3.05, 3.63) is 24.0 Å². The quantitative estimate of drug-likeness (QED) is 0.833. The van der Waals surface area contributed by atoms with Crippen LogP contribution in [0, 0.1) is 5.82 Å². The first-order valence-corrected chi connectivity index (χ1v) is 5.76. The third-order valence-electron chi connectivity index (χ3n) is 2.67. The van der Waals surface area contributed by atoms with Crippen molar-refractivity contribution in [2.45, 2.75) is 39.3 Å². The molecule has 0 aliphatic heterocycles. The molecule has 0 aliphatic carbocycles. The molecule has 17 heavy (non-hydrogen) atoms. The van der Waals surface area contributed by atoms with Gasteiger partial charge >= 0.3 is 0 Å². The number of aliphatic hydroxyl groups is 1. The number of nitrogens with one attached hydrogen (secondary N) is 1. The number of benzene rings is 1. The number of hydrogen-bond acceptors (Lipinski definition) is 3. The Morgan fingerprint density at radius 3 is 2.59 bits per heavy atom. The Labute approximate surface area is 102 Å². The van der Waals surface area contributed by atoms with E-state index in [9.17, 15) is 9.50 Å². The van der Waals surface area contributed by atoms with Crippen LogP contribution in [-0.4, -0.2) is 23.4 Å². The first kappa shape index (κ1) is 13.8. The van der Waals surface area contributed by atoms with Crippen molar-refractivity contribution in [3.63, 3.8) is 0 Å². The highest BCUT2D eigenvalue weighted by Gasteiger charge is 2.22. The number of rotatable bonds is 5. The van der Waals surface area contributed by atoms with Gasteiger partial charge in [0.15, 0.2) is 11.6 Å². The Kier molecular flexibility index (Phi) is 4.34. The van der Waals surface area contributed by atoms with Gasteiger partial charge in [-0.05, 0) is 39.8 Å². The molecule has 1 aromatic carbocycles. The number of anilines is 1. The summed E-state index contributed by atoms with van der Waals surface area (Å²) in [6.45, 7) is 7.49. The molecule has 0 aliphatic rings. The van der Waals surface area contributed by atoms with Gasteiger partial charge in [0.05, 0.1) is 18.2 Å². The molecule has 0 saturated heterocycles. The maximum Gasteiger partial charge on any atom is 0.167 e. The maximum atomic E-state index is 13.6. The minimum Gasteiger partial charge on any atom is -0.491 e. The molecule has 0 heterocycles. The lowest BCUT2D eigenvalue weighted by molar-refractivity contribution is 0.0649. The summed E-state index contributed by atoms with van der Waals surface area (Å²) in [6, 6.07) is 4.50. The van der Waals surface area contributed by atoms with E-state index in [0.717, 1.165) is 0 Å². The second-order valence-corrected chi connectivity index (χ2v) is 4.60. The van der Waals surface area contributed by atoms with E-state index in [0.29, 0.717) is 12.3 Å². The average Bonchev–Trinajstić information content (AvgIpc) is 2.21. The van der Waals surface area contributed by atoms with E-state index in [-0.39, 0.29) is 11.8 Å². The highest BCUT2D eigenvalue weighted by Crippen LogP contribution is 2.23. The fourth-order valence-electron chi connectivity index (χ4n) is 1.29. The minimum atomic E-state index is -0.866. The summed E-state index contributed by atoms with van der Waals surface area (Å²) >= 11 is 0. The zero-order valence-corrected chi connectivity index (χ0v) is 10.7. The van der Waals surface area contributed by atoms with E-state index < -0.39 is 11.4 Å². The van der Waals surface area contributed by atoms with Gasteiger partial charge in [0.2, 0.25) is 0 Å². The molecule has 1 unspecified atom stereocenters. The van der Waals surface area contributed by atoms with Crippen LogP contribution in [0.15, 0.2) is 18.2 Å². The van der Waals surface area contributed by atoms with Crippen molar-refractivity contribution >= 4 is 5.69 Å². The van der Waals surface area contributed by atoms with Crippen LogP contribution in [0.3, 0.4) is 0 Å². The Hall–Kier alpha value is -1.29. The molecule has 0 aromatic heterocycles. The molecule has 1 aromatic rings. The van der Waals surface area contributed by atoms with E-state index in [4.69, 9.17) is 4.74 Å². The fourth-order valence-corrected chi connectivity index (χ4v) is 1.29. The SMILES string of the molecule is CCOc1ccc(NC(C)C(C)(C)O)cc1F. The van der Waals surface area contributed by atoms with Gasteiger partial charge in [-0.15, -0.1) is 0 Å². The van der Waals surface area contributed by atoms with Crippen molar-refractivity contribution in [1.82, 2.24) is 0 Å². The third-order valence-corrected chi connectivity index (χ3v) is 2.67. The molecule has 0 amide bonds. The molecule has 0 fully saturated rings. The highest BCUT2D eigenvalue weighted by atomic mass is 19.1. The van der Waals surface area contributed by atoms with Gasteiger partial charge in [0.1, 0.15) is 0 Å². The topological polar surface area (TPSA) is 41.5 Å². The van der Waals surface area contributed by atoms with Crippen molar-refractivity contribution < 1.29 is 14.2 Å². The van der Waals surface area contributed by atoms with Crippen molar-refractivity contribution in [2.24, 2.45) is 0 Å². The molecule has 2 N–H and O–H groups in total. The van der Waals surface area contributed by atoms with Gasteiger partial charge in [-0.3, -0.25) is 0 Å². The summed E-state index contributed by atoms with van der Waals surface area (Å²) in [4.78, 5) is 0. The predicted molar refractivity (Wildman–Crippen MR) is 67.0 cm³/mol. The number of halogens is 1. The zero-order valence-electron chi connectivity index (χ0n) is 10.7. The van der Waals surface area contributed by atoms with Crippen LogP contribution >= 0.6 is 0 Å². The van der Waals surface area contributed by atoms with Gasteiger partial charge in [-0.2, -0.15) is 0 Å². The summed E-state index contributed by atoms with van der Waals surface area (Å²) in [5.41, 5.74) is -0.240. The van der Waals surface area contributed by atoms with Crippen LogP contribution in [0.2, 0.25) is 0 Å². The predicted octanol–water partition coefficient (Wildman–Crippen LogP) is 2.80. The van der Waals surface area contributed by atoms with Gasteiger partial charge < -0.3 is 15.2 Å². The summed E-state index contributed by atoms with van der Waals surface area (Å²) in [5, 5.41) is 12.8. The standard InChI is InChI=1S/C13H20FNO2/c1-5-17-12-7-6-10(8-11(12)14)15-9(2)13(3,4)16/h6-9,15-16H,5H2,1-4H3. The normalized spacial score (nSPS) is 13.3. The lowest BCUT2D eigenvalue weighted by Crippen LogP contribution is -2.39. The first-order valence-electron chi connectivity index (χ1n) is 5.76. The van der Waals surface area contributed by atoms with Crippen LogP contribution in [0.1, 0.15) is 27.7 Å². The number of ether oxygens (including phenoxy) is 1. The molecule has 1 rings (SSSR count). The van der Waals surface area contributed by atoms with Gasteiger partial charge in [0, 0.05) is 11.8 Å². The highest BCUT2D eigenvalue weighted by molar-refractivity contribution is 5.48. The molecule has 0 bridgehead atoms. The lowest BCUT2D eigenvalue weighted by atomic mass is 10.0. The fraction of sp³-hybridized carbons (Fsp3) is 0.538. The molecular weight excluding hydrogens is 221 g/mol. The third kappa shape index (κ3) is 3.89. The molecule has 1 atom stereocenters. The largest absolute Gasteiger partial charge is 0.491 e. The van der Waals surface area contributed by atoms with Gasteiger partial charge in [0.25, 0.3) is 0 Å². The van der Waals surface area contributed by atoms with Crippen LogP contribution < -0.4 is 10.1 Å². The van der Waals surface area contributed by atoms with Crippen LogP contribution in [-0.2, 0) is 0 Å². The summed E-state index contributed by atoms with van der Waals surface area (Å²) in [5.74, 6) is -0.159. The second-order valence-electron chi connectivity index (χ2n) is 4.60. The van der Waals surface area contributed by atoms with Crippen LogP contribution in [0.25, 0.3) is 0 Å². The summed E-state index contributed by atoms with van der Waals surface area (Å²) in [7, 11) is 0. The van der Waals surface area contributed by atoms with Crippen LogP contribution in [0.5, 0.6) is 5.75 Å². The Bertz CT molecular complexity index is 374. The van der Waals surface area contributed by atoms with Crippen LogP contribution in [0.4, 0.5) is 10.1 Å². The Balaban J connectivity index is 2.77. The Morgan fingerprint density at radius 2 is 2.12 bits per heavy atom. The van der Waals surface area contributed by atoms with E-state index in [1.807, 2.05) is 13.8 Å². The van der Waals surface area contributed by atoms with E-state index in [1.54, 1.807) is 26.0 Å². The first-order chi connectivity index (χ1) is 7.84. The minimum absolute atomic E-state index is 0.181. The molecule has 4 heteroatoms. The van der Waals surface area contributed by atoms with Crippen molar-refractivity contribution in [3.8, 4) is 5.75 Å². The van der Waals surface area contributed by atoms with E-state index in [1.165, 1.54) is 6.07 Å². The summed E-state index contributed by atoms with van der Waals surface area (Å²) in [6.07, 6.45) is 0. The monoisotopic (exact) mass is 241 g/mol. The number of hydrogen-bond donors (Lipinski definition) is 2. The maximum absolute atomic E-state index is 13.6. The Morgan fingerprint density at radius 1 is 1.47 bits per heavy atom. The second kappa shape index (κ2) is 5.36. The van der Waals surface area contributed by atoms with Crippen molar-refractivity contribution in [1.29, 1.82) is 0 Å². The lowest BCUT2D eigenvalue weighted by Gasteiger charge is -2.27. The van der Waals surface area contributed by atoms with E-state index in [2.05, 4.69) is 5.32 Å². The smallest absolute Gasteiger partial charge is 0.167 e. The molecule has 96 valence electrons. The molecule has 0 saturated carbocycles. The molecular formula is C13H20FNO2. The summed E-state index contributed by atoms with van der Waals surface area (Å²) < 4.78 is 18.7. The molecule has 3 nitrogen and oxygen atoms in total. The zero-order chi connectivity index (χ0) is 13.1. The molecule has 0 spiro atoms. The van der Waals surface area contributed by atoms with Gasteiger partial charge in [-0.25, -0.2) is 4.39 Å². The van der Waals surface area contributed by atoms with Crippen molar-refractivity contribution in [2.75, 3.05) is 11.9 Å². The average molecular weight is 241 g/mol. The van der Waals surface area contributed by atoms with E-state index >= 15 is 0 Å².